The normalized spacial score (nSPS) is 24.2. The Morgan fingerprint density at radius 3 is 2.88 bits per heavy atom. The Kier molecular flexibility index (Phi) is 3.46. The minimum Gasteiger partial charge on any atom is -0.451 e. The number of furan rings is 1. The van der Waals surface area contributed by atoms with E-state index in [2.05, 4.69) is 0 Å². The molecule has 2 aliphatic rings. The number of carbonyl (C=O) groups excluding carboxylic acids is 2. The number of hydrogen-bond donors (Lipinski definition) is 0. The molecule has 0 N–H and O–H groups in total. The van der Waals surface area contributed by atoms with Crippen LogP contribution in [0.25, 0.3) is 11.0 Å². The van der Waals surface area contributed by atoms with Crippen LogP contribution in [-0.4, -0.2) is 41.9 Å². The number of carbonyl (C=O) groups is 2. The molecule has 0 unspecified atom stereocenters. The van der Waals surface area contributed by atoms with Gasteiger partial charge in [-0.1, -0.05) is 0 Å². The van der Waals surface area contributed by atoms with Crippen LogP contribution in [0.1, 0.15) is 35.4 Å². The number of halogens is 1. The summed E-state index contributed by atoms with van der Waals surface area (Å²) in [5.74, 6) is -0.574. The molecule has 6 heteroatoms. The minimum absolute atomic E-state index is 0.0314. The SMILES string of the molecule is Cc1c(C(=O)N2CC[C@]3(CCCO3)C(=O)C2)oc2ccc(F)cc12. The molecule has 1 aromatic carbocycles. The number of nitrogens with zero attached hydrogens (tertiary/aromatic N) is 1. The summed E-state index contributed by atoms with van der Waals surface area (Å²) < 4.78 is 24.7. The van der Waals surface area contributed by atoms with Gasteiger partial charge < -0.3 is 14.1 Å². The lowest BCUT2D eigenvalue weighted by Gasteiger charge is -2.36. The van der Waals surface area contributed by atoms with Crippen LogP contribution in [0.2, 0.25) is 0 Å². The maximum atomic E-state index is 13.4. The predicted molar refractivity (Wildman–Crippen MR) is 84.4 cm³/mol. The summed E-state index contributed by atoms with van der Waals surface area (Å²) in [6, 6.07) is 4.16. The topological polar surface area (TPSA) is 59.8 Å². The van der Waals surface area contributed by atoms with Crippen molar-refractivity contribution in [3.8, 4) is 0 Å². The van der Waals surface area contributed by atoms with Crippen molar-refractivity contribution in [2.45, 2.75) is 31.8 Å². The number of rotatable bonds is 1. The van der Waals surface area contributed by atoms with Gasteiger partial charge in [-0.25, -0.2) is 4.39 Å². The first-order valence-electron chi connectivity index (χ1n) is 8.15. The summed E-state index contributed by atoms with van der Waals surface area (Å²) >= 11 is 0. The first-order chi connectivity index (χ1) is 11.5. The molecule has 2 saturated heterocycles. The summed E-state index contributed by atoms with van der Waals surface area (Å²) in [5.41, 5.74) is 0.374. The smallest absolute Gasteiger partial charge is 0.290 e. The zero-order valence-electron chi connectivity index (χ0n) is 13.4. The van der Waals surface area contributed by atoms with Gasteiger partial charge in [0.25, 0.3) is 5.91 Å². The molecule has 0 saturated carbocycles. The molecule has 2 aromatic rings. The van der Waals surface area contributed by atoms with E-state index < -0.39 is 5.60 Å². The number of amides is 1. The van der Waals surface area contributed by atoms with E-state index in [1.165, 1.54) is 23.1 Å². The third kappa shape index (κ3) is 2.24. The first-order valence-corrected chi connectivity index (χ1v) is 8.15. The highest BCUT2D eigenvalue weighted by Crippen LogP contribution is 2.34. The predicted octanol–water partition coefficient (Wildman–Crippen LogP) is 2.84. The summed E-state index contributed by atoms with van der Waals surface area (Å²) in [7, 11) is 0. The van der Waals surface area contributed by atoms with Crippen LogP contribution in [-0.2, 0) is 9.53 Å². The lowest BCUT2D eigenvalue weighted by atomic mass is 9.87. The van der Waals surface area contributed by atoms with Crippen molar-refractivity contribution < 1.29 is 23.1 Å². The summed E-state index contributed by atoms with van der Waals surface area (Å²) in [6.07, 6.45) is 2.14. The highest BCUT2D eigenvalue weighted by molar-refractivity contribution is 6.02. The van der Waals surface area contributed by atoms with Crippen LogP contribution in [0.15, 0.2) is 22.6 Å². The Bertz CT molecular complexity index is 835. The molecular formula is C18H18FNO4. The maximum Gasteiger partial charge on any atom is 0.290 e. The van der Waals surface area contributed by atoms with E-state index >= 15 is 0 Å². The highest BCUT2D eigenvalue weighted by atomic mass is 19.1. The fraction of sp³-hybridized carbons (Fsp3) is 0.444. The maximum absolute atomic E-state index is 13.4. The Morgan fingerprint density at radius 1 is 1.33 bits per heavy atom. The second-order valence-corrected chi connectivity index (χ2v) is 6.54. The number of benzene rings is 1. The van der Waals surface area contributed by atoms with Crippen molar-refractivity contribution in [1.82, 2.24) is 4.90 Å². The average Bonchev–Trinajstić information content (AvgIpc) is 3.16. The molecule has 2 aliphatic heterocycles. The Labute approximate surface area is 138 Å². The van der Waals surface area contributed by atoms with Gasteiger partial charge in [0.05, 0.1) is 6.54 Å². The van der Waals surface area contributed by atoms with Gasteiger partial charge in [-0.05, 0) is 38.0 Å². The molecule has 3 heterocycles. The second kappa shape index (κ2) is 5.41. The van der Waals surface area contributed by atoms with Crippen LogP contribution in [0.4, 0.5) is 4.39 Å². The van der Waals surface area contributed by atoms with Gasteiger partial charge >= 0.3 is 0 Å². The van der Waals surface area contributed by atoms with Crippen LogP contribution in [0, 0.1) is 12.7 Å². The molecule has 1 amide bonds. The lowest BCUT2D eigenvalue weighted by Crippen LogP contribution is -2.53. The number of likely N-dealkylation sites (tertiary alicyclic amines) is 1. The van der Waals surface area contributed by atoms with Gasteiger partial charge in [-0.2, -0.15) is 0 Å². The van der Waals surface area contributed by atoms with Gasteiger partial charge in [0.1, 0.15) is 17.0 Å². The van der Waals surface area contributed by atoms with E-state index in [4.69, 9.17) is 9.15 Å². The number of fused-ring (bicyclic) bond motifs is 1. The molecule has 1 atom stereocenters. The number of piperidine rings is 1. The molecule has 0 aliphatic carbocycles. The van der Waals surface area contributed by atoms with Crippen molar-refractivity contribution in [3.63, 3.8) is 0 Å². The molecule has 0 radical (unpaired) electrons. The van der Waals surface area contributed by atoms with E-state index in [0.717, 1.165) is 12.8 Å². The van der Waals surface area contributed by atoms with E-state index in [1.807, 2.05) is 0 Å². The van der Waals surface area contributed by atoms with Gasteiger partial charge in [-0.15, -0.1) is 0 Å². The number of Topliss-reactive ketones (excluding diaryl/α,β-unsaturated/α-hetero) is 1. The van der Waals surface area contributed by atoms with Crippen molar-refractivity contribution in [3.05, 3.63) is 35.3 Å². The number of aryl methyl sites for hydroxylation is 1. The molecule has 5 nitrogen and oxygen atoms in total. The van der Waals surface area contributed by atoms with Gasteiger partial charge in [-0.3, -0.25) is 9.59 Å². The van der Waals surface area contributed by atoms with Crippen molar-refractivity contribution in [2.24, 2.45) is 0 Å². The monoisotopic (exact) mass is 331 g/mol. The van der Waals surface area contributed by atoms with Gasteiger partial charge in [0, 0.05) is 30.5 Å². The van der Waals surface area contributed by atoms with Crippen molar-refractivity contribution >= 4 is 22.7 Å². The molecule has 126 valence electrons. The standard InChI is InChI=1S/C18H18FNO4/c1-11-13-9-12(19)3-4-14(13)24-16(11)17(22)20-7-6-18(15(21)10-20)5-2-8-23-18/h3-4,9H,2,5-8,10H2,1H3/t18-/m1/s1. The molecular weight excluding hydrogens is 313 g/mol. The van der Waals surface area contributed by atoms with E-state index in [-0.39, 0.29) is 29.8 Å². The summed E-state index contributed by atoms with van der Waals surface area (Å²) in [5, 5.41) is 0.581. The fourth-order valence-corrected chi connectivity index (χ4v) is 3.68. The summed E-state index contributed by atoms with van der Waals surface area (Å²) in [6.45, 7) is 2.82. The van der Waals surface area contributed by atoms with Crippen LogP contribution >= 0.6 is 0 Å². The van der Waals surface area contributed by atoms with E-state index in [9.17, 15) is 14.0 Å². The molecule has 4 rings (SSSR count). The molecule has 1 spiro atoms. The van der Waals surface area contributed by atoms with Crippen LogP contribution in [0.5, 0.6) is 0 Å². The Morgan fingerprint density at radius 2 is 2.17 bits per heavy atom. The zero-order chi connectivity index (χ0) is 16.9. The number of ether oxygens (including phenoxy) is 1. The van der Waals surface area contributed by atoms with E-state index in [0.29, 0.717) is 36.1 Å². The average molecular weight is 331 g/mol. The van der Waals surface area contributed by atoms with Crippen LogP contribution in [0.3, 0.4) is 0 Å². The third-order valence-electron chi connectivity index (χ3n) is 5.11. The molecule has 2 fully saturated rings. The van der Waals surface area contributed by atoms with Gasteiger partial charge in [0.15, 0.2) is 11.5 Å². The zero-order valence-corrected chi connectivity index (χ0v) is 13.4. The van der Waals surface area contributed by atoms with Gasteiger partial charge in [0.2, 0.25) is 0 Å². The fourth-order valence-electron chi connectivity index (χ4n) is 3.68. The van der Waals surface area contributed by atoms with E-state index in [1.54, 1.807) is 6.92 Å². The van der Waals surface area contributed by atoms with Crippen LogP contribution < -0.4 is 0 Å². The van der Waals surface area contributed by atoms with Crippen molar-refractivity contribution in [1.29, 1.82) is 0 Å². The second-order valence-electron chi connectivity index (χ2n) is 6.54. The molecule has 24 heavy (non-hydrogen) atoms. The quantitative estimate of drug-likeness (QED) is 0.806. The number of hydrogen-bond acceptors (Lipinski definition) is 4. The largest absolute Gasteiger partial charge is 0.451 e. The first kappa shape index (κ1) is 15.3. The highest BCUT2D eigenvalue weighted by Gasteiger charge is 2.46. The number of ketones is 1. The molecule has 0 bridgehead atoms. The lowest BCUT2D eigenvalue weighted by molar-refractivity contribution is -0.144. The minimum atomic E-state index is -0.692. The Balaban J connectivity index is 1.61. The van der Waals surface area contributed by atoms with Crippen molar-refractivity contribution in [2.75, 3.05) is 19.7 Å². The third-order valence-corrected chi connectivity index (χ3v) is 5.11. The molecule has 1 aromatic heterocycles. The summed E-state index contributed by atoms with van der Waals surface area (Å²) in [4.78, 5) is 26.7. The Hall–Kier alpha value is -2.21.